The molecule has 1 fully saturated rings. The number of hydrogen-bond donors (Lipinski definition) is 1. The number of fused-ring (bicyclic) bond motifs is 1. The van der Waals surface area contributed by atoms with Crippen LogP contribution in [0.25, 0.3) is 0 Å². The lowest BCUT2D eigenvalue weighted by Gasteiger charge is -2.36. The van der Waals surface area contributed by atoms with Gasteiger partial charge >= 0.3 is 0 Å². The Bertz CT molecular complexity index is 1010. The summed E-state index contributed by atoms with van der Waals surface area (Å²) < 4.78 is 19.5. The van der Waals surface area contributed by atoms with Crippen molar-refractivity contribution >= 4 is 34.8 Å². The van der Waals surface area contributed by atoms with Crippen LogP contribution in [0, 0.1) is 5.82 Å². The molecule has 1 N–H and O–H groups in total. The number of rotatable bonds is 8. The third-order valence-corrected chi connectivity index (χ3v) is 6.43. The molecule has 0 atom stereocenters. The van der Waals surface area contributed by atoms with Gasteiger partial charge in [0.05, 0.1) is 17.9 Å². The summed E-state index contributed by atoms with van der Waals surface area (Å²) >= 11 is 6.06. The largest absolute Gasteiger partial charge is 0.490 e. The standard InChI is InChI=1S/C25H30ClFN4O3/c26-19-6-7-23-22(18-19)31(16-17-34-23)25(33)9-8-24(32)28-10-3-11-29-12-14-30(15-13-29)21-5-2-1-4-20(21)27/h1-2,4-7,18H,3,8-17H2,(H,28,32). The summed E-state index contributed by atoms with van der Waals surface area (Å²) in [5.74, 6) is 0.203. The molecule has 0 radical (unpaired) electrons. The van der Waals surface area contributed by atoms with E-state index in [0.29, 0.717) is 41.8 Å². The Kier molecular flexibility index (Phi) is 8.24. The van der Waals surface area contributed by atoms with Crippen LogP contribution in [0.5, 0.6) is 5.75 Å². The number of anilines is 2. The van der Waals surface area contributed by atoms with Gasteiger partial charge in [0.15, 0.2) is 0 Å². The van der Waals surface area contributed by atoms with Crippen LogP contribution in [-0.4, -0.2) is 69.1 Å². The molecule has 2 aromatic rings. The van der Waals surface area contributed by atoms with Crippen molar-refractivity contribution < 1.29 is 18.7 Å². The number of carbonyl (C=O) groups is 2. The SMILES string of the molecule is O=C(CCC(=O)N1CCOc2ccc(Cl)cc21)NCCCN1CCN(c2ccccc2F)CC1. The van der Waals surface area contributed by atoms with E-state index in [-0.39, 0.29) is 30.5 Å². The van der Waals surface area contributed by atoms with Crippen molar-refractivity contribution in [3.63, 3.8) is 0 Å². The molecule has 34 heavy (non-hydrogen) atoms. The summed E-state index contributed by atoms with van der Waals surface area (Å²) in [6, 6.07) is 12.1. The van der Waals surface area contributed by atoms with Crippen LogP contribution in [0.3, 0.4) is 0 Å². The van der Waals surface area contributed by atoms with Crippen LogP contribution in [-0.2, 0) is 9.59 Å². The van der Waals surface area contributed by atoms with Crippen LogP contribution in [0.2, 0.25) is 5.02 Å². The maximum absolute atomic E-state index is 14.0. The zero-order valence-corrected chi connectivity index (χ0v) is 19.9. The van der Waals surface area contributed by atoms with E-state index in [1.54, 1.807) is 29.2 Å². The number of hydrogen-bond acceptors (Lipinski definition) is 5. The van der Waals surface area contributed by atoms with Gasteiger partial charge in [-0.15, -0.1) is 0 Å². The first-order chi connectivity index (χ1) is 16.5. The number of para-hydroxylation sites is 1. The Hall–Kier alpha value is -2.84. The van der Waals surface area contributed by atoms with E-state index in [0.717, 1.165) is 39.1 Å². The molecular weight excluding hydrogens is 459 g/mol. The van der Waals surface area contributed by atoms with Crippen molar-refractivity contribution in [2.24, 2.45) is 0 Å². The first-order valence-electron chi connectivity index (χ1n) is 11.7. The number of ether oxygens (including phenoxy) is 1. The van der Waals surface area contributed by atoms with Gasteiger partial charge in [-0.2, -0.15) is 0 Å². The van der Waals surface area contributed by atoms with Crippen LogP contribution in [0.1, 0.15) is 19.3 Å². The van der Waals surface area contributed by atoms with E-state index in [1.165, 1.54) is 6.07 Å². The molecule has 0 bridgehead atoms. The van der Waals surface area contributed by atoms with Gasteiger partial charge in [0.1, 0.15) is 18.2 Å². The van der Waals surface area contributed by atoms with Gasteiger partial charge < -0.3 is 19.9 Å². The van der Waals surface area contributed by atoms with Crippen LogP contribution in [0.15, 0.2) is 42.5 Å². The second-order valence-corrected chi connectivity index (χ2v) is 8.93. The number of nitrogens with one attached hydrogen (secondary N) is 1. The van der Waals surface area contributed by atoms with E-state index >= 15 is 0 Å². The quantitative estimate of drug-likeness (QED) is 0.577. The molecule has 2 aromatic carbocycles. The summed E-state index contributed by atoms with van der Waals surface area (Å²) in [6.07, 6.45) is 1.11. The molecular formula is C25H30ClFN4O3. The van der Waals surface area contributed by atoms with Gasteiger partial charge in [-0.05, 0) is 43.3 Å². The van der Waals surface area contributed by atoms with E-state index in [2.05, 4.69) is 15.1 Å². The lowest BCUT2D eigenvalue weighted by molar-refractivity contribution is -0.125. The molecule has 0 saturated carbocycles. The minimum atomic E-state index is -0.182. The highest BCUT2D eigenvalue weighted by Gasteiger charge is 2.24. The van der Waals surface area contributed by atoms with Gasteiger partial charge in [-0.25, -0.2) is 4.39 Å². The van der Waals surface area contributed by atoms with Crippen molar-refractivity contribution in [2.75, 3.05) is 62.2 Å². The highest BCUT2D eigenvalue weighted by Crippen LogP contribution is 2.34. The normalized spacial score (nSPS) is 16.1. The second kappa shape index (κ2) is 11.5. The molecule has 0 aliphatic carbocycles. The molecule has 4 rings (SSSR count). The summed E-state index contributed by atoms with van der Waals surface area (Å²) in [5.41, 5.74) is 1.31. The molecule has 0 unspecified atom stereocenters. The predicted octanol–water partition coefficient (Wildman–Crippen LogP) is 3.31. The number of piperazine rings is 1. The van der Waals surface area contributed by atoms with Crippen LogP contribution < -0.4 is 19.9 Å². The van der Waals surface area contributed by atoms with Crippen molar-refractivity contribution in [2.45, 2.75) is 19.3 Å². The second-order valence-electron chi connectivity index (χ2n) is 8.49. The number of carbonyl (C=O) groups excluding carboxylic acids is 2. The Morgan fingerprint density at radius 3 is 2.59 bits per heavy atom. The molecule has 0 aromatic heterocycles. The lowest BCUT2D eigenvalue weighted by Crippen LogP contribution is -2.47. The summed E-state index contributed by atoms with van der Waals surface area (Å²) in [7, 11) is 0. The molecule has 0 spiro atoms. The Morgan fingerprint density at radius 1 is 1.00 bits per heavy atom. The third kappa shape index (κ3) is 6.18. The van der Waals surface area contributed by atoms with Crippen molar-refractivity contribution in [1.82, 2.24) is 10.2 Å². The average Bonchev–Trinajstić information content (AvgIpc) is 2.85. The Morgan fingerprint density at radius 2 is 1.79 bits per heavy atom. The number of benzene rings is 2. The molecule has 2 amide bonds. The first-order valence-corrected chi connectivity index (χ1v) is 12.1. The maximum atomic E-state index is 14.0. The van der Waals surface area contributed by atoms with Crippen molar-refractivity contribution in [1.29, 1.82) is 0 Å². The lowest BCUT2D eigenvalue weighted by atomic mass is 10.2. The van der Waals surface area contributed by atoms with Crippen LogP contribution >= 0.6 is 11.6 Å². The van der Waals surface area contributed by atoms with Crippen molar-refractivity contribution in [3.8, 4) is 5.75 Å². The predicted molar refractivity (Wildman–Crippen MR) is 131 cm³/mol. The zero-order valence-electron chi connectivity index (χ0n) is 19.1. The Balaban J connectivity index is 1.12. The van der Waals surface area contributed by atoms with E-state index in [4.69, 9.17) is 16.3 Å². The van der Waals surface area contributed by atoms with Gasteiger partial charge in [0, 0.05) is 50.6 Å². The van der Waals surface area contributed by atoms with Gasteiger partial charge in [-0.3, -0.25) is 14.5 Å². The topological polar surface area (TPSA) is 65.1 Å². The van der Waals surface area contributed by atoms with Crippen LogP contribution in [0.4, 0.5) is 15.8 Å². The van der Waals surface area contributed by atoms with Gasteiger partial charge in [0.25, 0.3) is 0 Å². The molecule has 1 saturated heterocycles. The summed E-state index contributed by atoms with van der Waals surface area (Å²) in [5, 5.41) is 3.44. The first kappa shape index (κ1) is 24.3. The minimum absolute atomic E-state index is 0.116. The van der Waals surface area contributed by atoms with Gasteiger partial charge in [-0.1, -0.05) is 23.7 Å². The summed E-state index contributed by atoms with van der Waals surface area (Å²) in [6.45, 7) is 5.59. The van der Waals surface area contributed by atoms with Crippen molar-refractivity contribution in [3.05, 3.63) is 53.3 Å². The van der Waals surface area contributed by atoms with E-state index < -0.39 is 0 Å². The number of nitrogens with zero attached hydrogens (tertiary/aromatic N) is 3. The average molecular weight is 489 g/mol. The number of halogens is 2. The monoisotopic (exact) mass is 488 g/mol. The highest BCUT2D eigenvalue weighted by molar-refractivity contribution is 6.31. The minimum Gasteiger partial charge on any atom is -0.490 e. The third-order valence-electron chi connectivity index (χ3n) is 6.19. The Labute approximate surface area is 204 Å². The molecule has 182 valence electrons. The fraction of sp³-hybridized carbons (Fsp3) is 0.440. The fourth-order valence-corrected chi connectivity index (χ4v) is 4.51. The summed E-state index contributed by atoms with van der Waals surface area (Å²) in [4.78, 5) is 30.9. The molecule has 2 heterocycles. The number of amides is 2. The van der Waals surface area contributed by atoms with Gasteiger partial charge in [0.2, 0.25) is 11.8 Å². The molecule has 9 heteroatoms. The fourth-order valence-electron chi connectivity index (χ4n) is 4.34. The van der Waals surface area contributed by atoms with E-state index in [1.807, 2.05) is 12.1 Å². The highest BCUT2D eigenvalue weighted by atomic mass is 35.5. The molecule has 7 nitrogen and oxygen atoms in total. The smallest absolute Gasteiger partial charge is 0.227 e. The molecule has 2 aliphatic heterocycles. The molecule has 2 aliphatic rings. The van der Waals surface area contributed by atoms with E-state index in [9.17, 15) is 14.0 Å². The zero-order chi connectivity index (χ0) is 23.9. The maximum Gasteiger partial charge on any atom is 0.227 e.